The van der Waals surface area contributed by atoms with Crippen molar-refractivity contribution in [1.82, 2.24) is 15.2 Å². The number of carbonyl (C=O) groups excluding carboxylic acids is 1. The number of hydrogen-bond acceptors (Lipinski definition) is 6. The molecule has 1 N–H and O–H groups in total. The number of thiazole rings is 1. The maximum absolute atomic E-state index is 11.5. The largest absolute Gasteiger partial charge is 0.461 e. The lowest BCUT2D eigenvalue weighted by Gasteiger charge is -2.17. The summed E-state index contributed by atoms with van der Waals surface area (Å²) < 4.78 is 4.93. The first-order valence-electron chi connectivity index (χ1n) is 7.75. The zero-order chi connectivity index (χ0) is 15.5. The van der Waals surface area contributed by atoms with Crippen LogP contribution < -0.4 is 5.32 Å². The molecule has 0 aliphatic carbocycles. The van der Waals surface area contributed by atoms with Crippen LogP contribution in [0.5, 0.6) is 0 Å². The van der Waals surface area contributed by atoms with E-state index in [1.807, 2.05) is 0 Å². The van der Waals surface area contributed by atoms with Crippen molar-refractivity contribution >= 4 is 17.3 Å². The molecule has 0 atom stereocenters. The number of carbonyl (C=O) groups is 1. The van der Waals surface area contributed by atoms with Crippen LogP contribution in [0.4, 0.5) is 0 Å². The summed E-state index contributed by atoms with van der Waals surface area (Å²) in [6, 6.07) is 0. The van der Waals surface area contributed by atoms with E-state index in [-0.39, 0.29) is 5.97 Å². The number of aromatic nitrogens is 1. The van der Waals surface area contributed by atoms with E-state index in [0.29, 0.717) is 12.3 Å². The topological polar surface area (TPSA) is 54.5 Å². The highest BCUT2D eigenvalue weighted by atomic mass is 32.1. The van der Waals surface area contributed by atoms with E-state index in [1.165, 1.54) is 11.3 Å². The lowest BCUT2D eigenvalue weighted by Crippen LogP contribution is -2.27. The smallest absolute Gasteiger partial charge is 0.357 e. The molecule has 0 spiro atoms. The van der Waals surface area contributed by atoms with Crippen molar-refractivity contribution in [3.8, 4) is 0 Å². The second kappa shape index (κ2) is 10.7. The number of ether oxygens (including phenoxy) is 1. The first kappa shape index (κ1) is 18.1. The molecule has 0 aliphatic heterocycles. The van der Waals surface area contributed by atoms with Gasteiger partial charge in [0.2, 0.25) is 0 Å². The van der Waals surface area contributed by atoms with Crippen molar-refractivity contribution in [2.75, 3.05) is 39.3 Å². The Morgan fingerprint density at radius 3 is 2.76 bits per heavy atom. The van der Waals surface area contributed by atoms with E-state index in [9.17, 15) is 4.79 Å². The molecule has 0 radical (unpaired) electrons. The van der Waals surface area contributed by atoms with E-state index in [4.69, 9.17) is 4.74 Å². The van der Waals surface area contributed by atoms with Crippen LogP contribution in [0, 0.1) is 0 Å². The number of esters is 1. The molecule has 120 valence electrons. The minimum absolute atomic E-state index is 0.327. The van der Waals surface area contributed by atoms with E-state index < -0.39 is 0 Å². The second-order valence-corrected chi connectivity index (χ2v) is 5.67. The third-order valence-corrected chi connectivity index (χ3v) is 4.18. The van der Waals surface area contributed by atoms with Crippen LogP contribution in [0.15, 0.2) is 5.38 Å². The van der Waals surface area contributed by atoms with Crippen molar-refractivity contribution in [1.29, 1.82) is 0 Å². The molecule has 0 aromatic carbocycles. The van der Waals surface area contributed by atoms with Crippen LogP contribution >= 0.6 is 11.3 Å². The number of rotatable bonds is 11. The van der Waals surface area contributed by atoms with Gasteiger partial charge in [-0.25, -0.2) is 9.78 Å². The lowest BCUT2D eigenvalue weighted by molar-refractivity contribution is 0.0520. The van der Waals surface area contributed by atoms with Gasteiger partial charge in [-0.15, -0.1) is 11.3 Å². The van der Waals surface area contributed by atoms with E-state index in [2.05, 4.69) is 29.0 Å². The van der Waals surface area contributed by atoms with Crippen molar-refractivity contribution in [2.24, 2.45) is 0 Å². The predicted octanol–water partition coefficient (Wildman–Crippen LogP) is 2.18. The molecule has 5 nitrogen and oxygen atoms in total. The predicted molar refractivity (Wildman–Crippen MR) is 87.0 cm³/mol. The molecule has 21 heavy (non-hydrogen) atoms. The molecule has 0 fully saturated rings. The summed E-state index contributed by atoms with van der Waals surface area (Å²) in [5.74, 6) is -0.327. The van der Waals surface area contributed by atoms with Gasteiger partial charge < -0.3 is 15.0 Å². The highest BCUT2D eigenvalue weighted by Gasteiger charge is 2.10. The number of nitrogens with one attached hydrogen (secondary N) is 1. The average molecular weight is 313 g/mol. The molecule has 1 aromatic heterocycles. The minimum atomic E-state index is -0.327. The van der Waals surface area contributed by atoms with Crippen molar-refractivity contribution < 1.29 is 9.53 Å². The maximum Gasteiger partial charge on any atom is 0.357 e. The van der Waals surface area contributed by atoms with Crippen LogP contribution in [0.2, 0.25) is 0 Å². The highest BCUT2D eigenvalue weighted by molar-refractivity contribution is 7.09. The zero-order valence-corrected chi connectivity index (χ0v) is 14.2. The summed E-state index contributed by atoms with van der Waals surface area (Å²) in [4.78, 5) is 18.2. The Morgan fingerprint density at radius 2 is 2.10 bits per heavy atom. The molecule has 0 bridgehead atoms. The number of hydrogen-bond donors (Lipinski definition) is 1. The summed E-state index contributed by atoms with van der Waals surface area (Å²) in [6.45, 7) is 11.9. The standard InChI is InChI=1S/C15H27N3O2S/c1-4-18(5-2)11-7-9-16-10-8-14-17-13(12-21-14)15(19)20-6-3/h12,16H,4-11H2,1-3H3. The van der Waals surface area contributed by atoms with Gasteiger partial charge in [0.1, 0.15) is 0 Å². The number of nitrogens with zero attached hydrogens (tertiary/aromatic N) is 2. The summed E-state index contributed by atoms with van der Waals surface area (Å²) in [7, 11) is 0. The van der Waals surface area contributed by atoms with Gasteiger partial charge in [0.05, 0.1) is 11.6 Å². The Kier molecular flexibility index (Phi) is 9.21. The van der Waals surface area contributed by atoms with Gasteiger partial charge >= 0.3 is 5.97 Å². The highest BCUT2D eigenvalue weighted by Crippen LogP contribution is 2.11. The normalized spacial score (nSPS) is 11.0. The van der Waals surface area contributed by atoms with Crippen molar-refractivity contribution in [2.45, 2.75) is 33.6 Å². The zero-order valence-electron chi connectivity index (χ0n) is 13.4. The van der Waals surface area contributed by atoms with Crippen molar-refractivity contribution in [3.63, 3.8) is 0 Å². The third kappa shape index (κ3) is 7.02. The first-order valence-corrected chi connectivity index (χ1v) is 8.63. The van der Waals surface area contributed by atoms with Crippen LogP contribution in [0.1, 0.15) is 42.7 Å². The van der Waals surface area contributed by atoms with Gasteiger partial charge in [-0.05, 0) is 39.5 Å². The molecule has 6 heteroatoms. The van der Waals surface area contributed by atoms with E-state index in [0.717, 1.165) is 50.6 Å². The lowest BCUT2D eigenvalue weighted by atomic mass is 10.3. The minimum Gasteiger partial charge on any atom is -0.461 e. The Morgan fingerprint density at radius 1 is 1.33 bits per heavy atom. The molecule has 0 unspecified atom stereocenters. The van der Waals surface area contributed by atoms with Crippen LogP contribution in [-0.4, -0.2) is 55.2 Å². The molecule has 1 aromatic rings. The van der Waals surface area contributed by atoms with Gasteiger partial charge in [0.25, 0.3) is 0 Å². The Hall–Kier alpha value is -0.980. The van der Waals surface area contributed by atoms with Gasteiger partial charge in [-0.2, -0.15) is 0 Å². The van der Waals surface area contributed by atoms with Crippen LogP contribution in [0.3, 0.4) is 0 Å². The van der Waals surface area contributed by atoms with Gasteiger partial charge in [0, 0.05) is 18.3 Å². The first-order chi connectivity index (χ1) is 10.2. The summed E-state index contributed by atoms with van der Waals surface area (Å²) >= 11 is 1.52. The fourth-order valence-electron chi connectivity index (χ4n) is 2.01. The molecular formula is C15H27N3O2S. The quantitative estimate of drug-likeness (QED) is 0.501. The third-order valence-electron chi connectivity index (χ3n) is 3.27. The Bertz CT molecular complexity index is 405. The maximum atomic E-state index is 11.5. The molecule has 0 aliphatic rings. The second-order valence-electron chi connectivity index (χ2n) is 4.73. The SMILES string of the molecule is CCOC(=O)c1csc(CCNCCCN(CC)CC)n1. The summed E-state index contributed by atoms with van der Waals surface area (Å²) in [6.07, 6.45) is 2.02. The van der Waals surface area contributed by atoms with Crippen LogP contribution in [-0.2, 0) is 11.2 Å². The van der Waals surface area contributed by atoms with Gasteiger partial charge in [-0.1, -0.05) is 13.8 Å². The van der Waals surface area contributed by atoms with Crippen molar-refractivity contribution in [3.05, 3.63) is 16.1 Å². The van der Waals surface area contributed by atoms with Crippen LogP contribution in [0.25, 0.3) is 0 Å². The molecule has 0 saturated heterocycles. The Balaban J connectivity index is 2.14. The molecular weight excluding hydrogens is 286 g/mol. The summed E-state index contributed by atoms with van der Waals surface area (Å²) in [5, 5.41) is 6.18. The molecule has 0 saturated carbocycles. The molecule has 1 rings (SSSR count). The molecule has 1 heterocycles. The van der Waals surface area contributed by atoms with E-state index >= 15 is 0 Å². The fraction of sp³-hybridized carbons (Fsp3) is 0.733. The van der Waals surface area contributed by atoms with Gasteiger partial charge in [0.15, 0.2) is 5.69 Å². The Labute approximate surface area is 131 Å². The van der Waals surface area contributed by atoms with E-state index in [1.54, 1.807) is 12.3 Å². The summed E-state index contributed by atoms with van der Waals surface area (Å²) in [5.41, 5.74) is 0.429. The average Bonchev–Trinajstić information content (AvgIpc) is 2.96. The monoisotopic (exact) mass is 313 g/mol. The molecule has 0 amide bonds. The fourth-order valence-corrected chi connectivity index (χ4v) is 2.78. The van der Waals surface area contributed by atoms with Gasteiger partial charge in [-0.3, -0.25) is 0 Å².